The van der Waals surface area contributed by atoms with Crippen molar-refractivity contribution in [1.82, 2.24) is 4.90 Å². The van der Waals surface area contributed by atoms with Gasteiger partial charge in [-0.1, -0.05) is 6.92 Å². The first-order chi connectivity index (χ1) is 5.09. The van der Waals surface area contributed by atoms with Crippen molar-refractivity contribution in [3.63, 3.8) is 0 Å². The Morgan fingerprint density at radius 3 is 1.36 bits per heavy atom. The van der Waals surface area contributed by atoms with Gasteiger partial charge in [0, 0.05) is 12.1 Å². The first-order valence-electron chi connectivity index (χ1n) is 4.14. The van der Waals surface area contributed by atoms with Crippen LogP contribution < -0.4 is 0 Å². The predicted molar refractivity (Wildman–Crippen MR) is 49.8 cm³/mol. The second kappa shape index (κ2) is 7.73. The standard InChI is InChI=1S/C8H19N.CH2O/c1-6-9(7(2)3)8(4)5;1-2/h7-8H,6H2,1-5H3;1H2. The maximum absolute atomic E-state index is 8.00. The summed E-state index contributed by atoms with van der Waals surface area (Å²) in [6, 6.07) is 1.38. The summed E-state index contributed by atoms with van der Waals surface area (Å²) in [4.78, 5) is 10.5. The van der Waals surface area contributed by atoms with Gasteiger partial charge in [-0.05, 0) is 34.2 Å². The lowest BCUT2D eigenvalue weighted by Gasteiger charge is -2.28. The van der Waals surface area contributed by atoms with Gasteiger partial charge < -0.3 is 4.79 Å². The van der Waals surface area contributed by atoms with Crippen LogP contribution in [0.1, 0.15) is 34.6 Å². The average molecular weight is 159 g/mol. The summed E-state index contributed by atoms with van der Waals surface area (Å²) in [5.41, 5.74) is 0. The molecule has 0 bridgehead atoms. The first-order valence-corrected chi connectivity index (χ1v) is 4.14. The molecule has 0 rings (SSSR count). The van der Waals surface area contributed by atoms with Crippen LogP contribution in [0, 0.1) is 0 Å². The van der Waals surface area contributed by atoms with E-state index in [9.17, 15) is 0 Å². The second-order valence-electron chi connectivity index (χ2n) is 3.02. The molecule has 2 nitrogen and oxygen atoms in total. The fourth-order valence-electron chi connectivity index (χ4n) is 1.33. The van der Waals surface area contributed by atoms with Crippen LogP contribution in [0.3, 0.4) is 0 Å². The van der Waals surface area contributed by atoms with Gasteiger partial charge in [0.15, 0.2) is 0 Å². The molecule has 0 aliphatic carbocycles. The Hall–Kier alpha value is -0.370. The molecular weight excluding hydrogens is 138 g/mol. The van der Waals surface area contributed by atoms with Crippen LogP contribution in [0.5, 0.6) is 0 Å². The van der Waals surface area contributed by atoms with E-state index in [4.69, 9.17) is 4.79 Å². The molecule has 0 heterocycles. The lowest BCUT2D eigenvalue weighted by Crippen LogP contribution is -2.36. The van der Waals surface area contributed by atoms with Crippen molar-refractivity contribution in [2.75, 3.05) is 6.54 Å². The molecule has 0 aromatic rings. The summed E-state index contributed by atoms with van der Waals surface area (Å²) < 4.78 is 0. The molecule has 0 radical (unpaired) electrons. The Bertz CT molecular complexity index is 73.6. The fourth-order valence-corrected chi connectivity index (χ4v) is 1.33. The molecule has 11 heavy (non-hydrogen) atoms. The molecule has 2 heteroatoms. The van der Waals surface area contributed by atoms with Gasteiger partial charge in [-0.3, -0.25) is 4.90 Å². The van der Waals surface area contributed by atoms with Crippen LogP contribution in [0.2, 0.25) is 0 Å². The van der Waals surface area contributed by atoms with Crippen molar-refractivity contribution >= 4 is 6.79 Å². The molecule has 0 spiro atoms. The highest BCUT2D eigenvalue weighted by Gasteiger charge is 2.08. The van der Waals surface area contributed by atoms with E-state index in [1.54, 1.807) is 0 Å². The van der Waals surface area contributed by atoms with Gasteiger partial charge in [-0.25, -0.2) is 0 Å². The number of rotatable bonds is 3. The third kappa shape index (κ3) is 6.05. The van der Waals surface area contributed by atoms with Gasteiger partial charge in [-0.2, -0.15) is 0 Å². The summed E-state index contributed by atoms with van der Waals surface area (Å²) >= 11 is 0. The van der Waals surface area contributed by atoms with Gasteiger partial charge in [0.1, 0.15) is 6.79 Å². The van der Waals surface area contributed by atoms with E-state index in [1.807, 2.05) is 6.79 Å². The average Bonchev–Trinajstić information content (AvgIpc) is 1.91. The highest BCUT2D eigenvalue weighted by Crippen LogP contribution is 2.02. The van der Waals surface area contributed by atoms with E-state index in [0.717, 1.165) is 6.54 Å². The third-order valence-corrected chi connectivity index (χ3v) is 1.69. The zero-order chi connectivity index (χ0) is 9.44. The van der Waals surface area contributed by atoms with E-state index in [1.165, 1.54) is 0 Å². The normalized spacial score (nSPS) is 10.2. The van der Waals surface area contributed by atoms with Crippen LogP contribution >= 0.6 is 0 Å². The van der Waals surface area contributed by atoms with Gasteiger partial charge in [-0.15, -0.1) is 0 Å². The summed E-state index contributed by atoms with van der Waals surface area (Å²) in [6.45, 7) is 14.3. The maximum atomic E-state index is 8.00. The molecular formula is C9H21NO. The Morgan fingerprint density at radius 1 is 1.09 bits per heavy atom. The molecule has 0 saturated carbocycles. The Kier molecular flexibility index (Phi) is 9.31. The largest absolute Gasteiger partial charge is 0.307 e. The molecule has 0 aromatic carbocycles. The highest BCUT2D eigenvalue weighted by atomic mass is 16.1. The van der Waals surface area contributed by atoms with E-state index in [2.05, 4.69) is 39.5 Å². The Labute approximate surface area is 70.6 Å². The number of hydrogen-bond donors (Lipinski definition) is 0. The molecule has 0 N–H and O–H groups in total. The monoisotopic (exact) mass is 159 g/mol. The molecule has 0 aliphatic heterocycles. The quantitative estimate of drug-likeness (QED) is 0.627. The second-order valence-corrected chi connectivity index (χ2v) is 3.02. The summed E-state index contributed by atoms with van der Waals surface area (Å²) in [6.07, 6.45) is 0. The molecule has 0 amide bonds. The number of carbonyl (C=O) groups is 1. The Balaban J connectivity index is 0. The van der Waals surface area contributed by atoms with Gasteiger partial charge >= 0.3 is 0 Å². The minimum absolute atomic E-state index is 0.690. The molecule has 68 valence electrons. The zero-order valence-electron chi connectivity index (χ0n) is 8.42. The zero-order valence-corrected chi connectivity index (χ0v) is 8.42. The molecule has 0 unspecified atom stereocenters. The van der Waals surface area contributed by atoms with Crippen LogP contribution in [0.25, 0.3) is 0 Å². The van der Waals surface area contributed by atoms with E-state index >= 15 is 0 Å². The van der Waals surface area contributed by atoms with E-state index in [0.29, 0.717) is 12.1 Å². The summed E-state index contributed by atoms with van der Waals surface area (Å²) in [5, 5.41) is 0. The van der Waals surface area contributed by atoms with E-state index < -0.39 is 0 Å². The van der Waals surface area contributed by atoms with Gasteiger partial charge in [0.25, 0.3) is 0 Å². The Morgan fingerprint density at radius 2 is 1.36 bits per heavy atom. The minimum Gasteiger partial charge on any atom is -0.307 e. The van der Waals surface area contributed by atoms with Crippen molar-refractivity contribution in [2.45, 2.75) is 46.7 Å². The van der Waals surface area contributed by atoms with Crippen LogP contribution in [-0.4, -0.2) is 30.3 Å². The molecule has 0 aromatic heterocycles. The SMILES string of the molecule is C=O.CCN(C(C)C)C(C)C. The summed E-state index contributed by atoms with van der Waals surface area (Å²) in [7, 11) is 0. The predicted octanol–water partition coefficient (Wildman–Crippen LogP) is 1.94. The number of nitrogens with zero attached hydrogens (tertiary/aromatic N) is 1. The third-order valence-electron chi connectivity index (χ3n) is 1.69. The van der Waals surface area contributed by atoms with Crippen LogP contribution in [0.15, 0.2) is 0 Å². The fraction of sp³-hybridized carbons (Fsp3) is 0.889. The van der Waals surface area contributed by atoms with Crippen molar-refractivity contribution in [3.8, 4) is 0 Å². The number of carbonyl (C=O) groups excluding carboxylic acids is 1. The maximum Gasteiger partial charge on any atom is 0.106 e. The van der Waals surface area contributed by atoms with Crippen molar-refractivity contribution in [1.29, 1.82) is 0 Å². The van der Waals surface area contributed by atoms with E-state index in [-0.39, 0.29) is 0 Å². The molecule has 0 fully saturated rings. The number of hydrogen-bond acceptors (Lipinski definition) is 2. The molecule has 0 saturated heterocycles. The van der Waals surface area contributed by atoms with Gasteiger partial charge in [0.05, 0.1) is 0 Å². The minimum atomic E-state index is 0.690. The lowest BCUT2D eigenvalue weighted by molar-refractivity contribution is -0.0979. The molecule has 0 aliphatic rings. The van der Waals surface area contributed by atoms with Crippen LogP contribution in [0.4, 0.5) is 0 Å². The first kappa shape index (κ1) is 13.2. The topological polar surface area (TPSA) is 20.3 Å². The molecule has 0 atom stereocenters. The van der Waals surface area contributed by atoms with Crippen LogP contribution in [-0.2, 0) is 4.79 Å². The van der Waals surface area contributed by atoms with Crippen molar-refractivity contribution < 1.29 is 4.79 Å². The van der Waals surface area contributed by atoms with Crippen molar-refractivity contribution in [2.24, 2.45) is 0 Å². The smallest absolute Gasteiger partial charge is 0.106 e. The lowest BCUT2D eigenvalue weighted by atomic mass is 10.2. The van der Waals surface area contributed by atoms with Gasteiger partial charge in [0.2, 0.25) is 0 Å². The highest BCUT2D eigenvalue weighted by molar-refractivity contribution is 5.10. The van der Waals surface area contributed by atoms with Crippen molar-refractivity contribution in [3.05, 3.63) is 0 Å². The summed E-state index contributed by atoms with van der Waals surface area (Å²) in [5.74, 6) is 0.